The zero-order valence-corrected chi connectivity index (χ0v) is 12.8. The predicted molar refractivity (Wildman–Crippen MR) is 78.1 cm³/mol. The molecule has 1 aromatic heterocycles. The first kappa shape index (κ1) is 16.8. The molecule has 25 heavy (non-hydrogen) atoms. The number of carboxylic acid groups (broad SMARTS) is 1. The number of alkyl halides is 3. The highest BCUT2D eigenvalue weighted by Gasteiger charge is 2.42. The van der Waals surface area contributed by atoms with Gasteiger partial charge in [-0.2, -0.15) is 18.3 Å². The Labute approximate surface area is 139 Å². The molecule has 10 heteroatoms. The lowest BCUT2D eigenvalue weighted by atomic mass is 10.0. The molecular weight excluding hydrogens is 343 g/mol. The number of rotatable bonds is 3. The second-order valence-corrected chi connectivity index (χ2v) is 5.28. The molecule has 0 saturated heterocycles. The van der Waals surface area contributed by atoms with Gasteiger partial charge in [-0.05, 0) is 24.6 Å². The van der Waals surface area contributed by atoms with Crippen molar-refractivity contribution in [3.05, 3.63) is 40.7 Å². The number of ether oxygens (including phenoxy) is 1. The molecule has 0 atom stereocenters. The van der Waals surface area contributed by atoms with E-state index in [1.54, 1.807) is 0 Å². The van der Waals surface area contributed by atoms with E-state index >= 15 is 0 Å². The van der Waals surface area contributed by atoms with Crippen LogP contribution < -0.4 is 10.1 Å². The number of carbonyl (C=O) groups excluding carboxylic acids is 1. The molecule has 7 nitrogen and oxygen atoms in total. The molecule has 2 N–H and O–H groups in total. The van der Waals surface area contributed by atoms with Gasteiger partial charge in [-0.25, -0.2) is 9.48 Å². The van der Waals surface area contributed by atoms with Crippen LogP contribution in [-0.4, -0.2) is 40.4 Å². The third-order valence-corrected chi connectivity index (χ3v) is 3.79. The molecule has 0 aliphatic carbocycles. The molecule has 0 fully saturated rings. The quantitative estimate of drug-likeness (QED) is 0.877. The van der Waals surface area contributed by atoms with Gasteiger partial charge in [0.05, 0.1) is 18.4 Å². The van der Waals surface area contributed by atoms with Gasteiger partial charge in [0.1, 0.15) is 11.4 Å². The van der Waals surface area contributed by atoms with Gasteiger partial charge in [0.15, 0.2) is 5.69 Å². The van der Waals surface area contributed by atoms with Crippen molar-refractivity contribution in [3.8, 4) is 11.4 Å². The maximum atomic E-state index is 13.3. The van der Waals surface area contributed by atoms with Crippen molar-refractivity contribution in [2.75, 3.05) is 13.7 Å². The molecule has 0 unspecified atom stereocenters. The lowest BCUT2D eigenvalue weighted by Crippen LogP contribution is -2.34. The minimum Gasteiger partial charge on any atom is -0.497 e. The van der Waals surface area contributed by atoms with Crippen LogP contribution in [0.2, 0.25) is 0 Å². The van der Waals surface area contributed by atoms with Crippen molar-refractivity contribution in [1.29, 1.82) is 0 Å². The summed E-state index contributed by atoms with van der Waals surface area (Å²) in [6, 6.07) is 3.78. The van der Waals surface area contributed by atoms with E-state index in [-0.39, 0.29) is 41.2 Å². The Hall–Kier alpha value is -3.04. The minimum atomic E-state index is -4.76. The summed E-state index contributed by atoms with van der Waals surface area (Å²) >= 11 is 0. The highest BCUT2D eigenvalue weighted by Crippen LogP contribution is 2.35. The topological polar surface area (TPSA) is 93.5 Å². The first-order chi connectivity index (χ1) is 11.7. The van der Waals surface area contributed by atoms with E-state index in [1.807, 2.05) is 0 Å². The number of nitrogens with zero attached hydrogens (tertiary/aromatic N) is 2. The van der Waals surface area contributed by atoms with E-state index in [1.165, 1.54) is 19.2 Å². The smallest absolute Gasteiger partial charge is 0.435 e. The lowest BCUT2D eigenvalue weighted by molar-refractivity contribution is -0.141. The first-order valence-electron chi connectivity index (χ1n) is 7.13. The van der Waals surface area contributed by atoms with Crippen molar-refractivity contribution < 1.29 is 32.6 Å². The van der Waals surface area contributed by atoms with Crippen LogP contribution in [0.15, 0.2) is 18.2 Å². The zero-order chi connectivity index (χ0) is 18.4. The Morgan fingerprint density at radius 3 is 2.72 bits per heavy atom. The van der Waals surface area contributed by atoms with Gasteiger partial charge in [-0.3, -0.25) is 4.79 Å². The summed E-state index contributed by atoms with van der Waals surface area (Å²) in [7, 11) is 1.33. The van der Waals surface area contributed by atoms with Crippen molar-refractivity contribution in [1.82, 2.24) is 15.1 Å². The van der Waals surface area contributed by atoms with Crippen molar-refractivity contribution in [2.24, 2.45) is 0 Å². The maximum Gasteiger partial charge on any atom is 0.435 e. The number of methoxy groups -OCH3 is 1. The standard InChI is InChI=1S/C15H12F3N3O4/c1-25-7-2-3-10(9(6-7)14(23)24)21-11-8(4-5-19-13(11)22)12(20-21)15(16,17)18/h2-3,6H,4-5H2,1H3,(H,19,22)(H,23,24). The summed E-state index contributed by atoms with van der Waals surface area (Å²) in [5.41, 5.74) is -2.24. The van der Waals surface area contributed by atoms with E-state index < -0.39 is 23.7 Å². The Kier molecular flexibility index (Phi) is 3.90. The molecule has 132 valence electrons. The number of aromatic nitrogens is 2. The highest BCUT2D eigenvalue weighted by molar-refractivity contribution is 5.97. The van der Waals surface area contributed by atoms with Gasteiger partial charge in [-0.15, -0.1) is 0 Å². The van der Waals surface area contributed by atoms with E-state index in [4.69, 9.17) is 4.74 Å². The minimum absolute atomic E-state index is 0.0471. The maximum absolute atomic E-state index is 13.3. The summed E-state index contributed by atoms with van der Waals surface area (Å²) < 4.78 is 45.5. The number of nitrogens with one attached hydrogen (secondary N) is 1. The van der Waals surface area contributed by atoms with E-state index in [0.29, 0.717) is 0 Å². The normalized spacial score (nSPS) is 14.0. The average molecular weight is 355 g/mol. The molecule has 2 heterocycles. The number of aromatic carboxylic acids is 1. The van der Waals surface area contributed by atoms with Crippen LogP contribution in [0, 0.1) is 0 Å². The van der Waals surface area contributed by atoms with Crippen LogP contribution in [-0.2, 0) is 12.6 Å². The van der Waals surface area contributed by atoms with Crippen molar-refractivity contribution in [2.45, 2.75) is 12.6 Å². The fourth-order valence-electron chi connectivity index (χ4n) is 2.71. The molecule has 0 bridgehead atoms. The van der Waals surface area contributed by atoms with Crippen LogP contribution in [0.5, 0.6) is 5.75 Å². The summed E-state index contributed by atoms with van der Waals surface area (Å²) in [6.07, 6.45) is -4.81. The van der Waals surface area contributed by atoms with Gasteiger partial charge in [0.2, 0.25) is 0 Å². The third-order valence-electron chi connectivity index (χ3n) is 3.79. The van der Waals surface area contributed by atoms with Gasteiger partial charge in [-0.1, -0.05) is 0 Å². The van der Waals surface area contributed by atoms with Crippen LogP contribution in [0.1, 0.15) is 32.1 Å². The Morgan fingerprint density at radius 1 is 1.40 bits per heavy atom. The molecule has 0 radical (unpaired) electrons. The molecule has 1 aromatic carbocycles. The molecule has 0 spiro atoms. The summed E-state index contributed by atoms with van der Waals surface area (Å²) in [5, 5.41) is 15.3. The monoisotopic (exact) mass is 355 g/mol. The number of hydrogen-bond donors (Lipinski definition) is 2. The number of benzene rings is 1. The molecule has 2 aromatic rings. The molecular formula is C15H12F3N3O4. The molecule has 3 rings (SSSR count). The SMILES string of the molecule is COc1ccc(-n2nc(C(F)(F)F)c3c2C(=O)NCC3)c(C(=O)O)c1. The molecule has 1 amide bonds. The third kappa shape index (κ3) is 2.79. The number of carboxylic acids is 1. The molecule has 1 aliphatic rings. The van der Waals surface area contributed by atoms with E-state index in [9.17, 15) is 27.9 Å². The van der Waals surface area contributed by atoms with Crippen LogP contribution in [0.3, 0.4) is 0 Å². The molecule has 0 saturated carbocycles. The Bertz CT molecular complexity index is 874. The number of halogens is 3. The van der Waals surface area contributed by atoms with Crippen molar-refractivity contribution >= 4 is 11.9 Å². The summed E-state index contributed by atoms with van der Waals surface area (Å²) in [5.74, 6) is -1.91. The lowest BCUT2D eigenvalue weighted by Gasteiger charge is -2.16. The highest BCUT2D eigenvalue weighted by atomic mass is 19.4. The van der Waals surface area contributed by atoms with Crippen molar-refractivity contribution in [3.63, 3.8) is 0 Å². The van der Waals surface area contributed by atoms with Gasteiger partial charge in [0.25, 0.3) is 5.91 Å². The first-order valence-corrected chi connectivity index (χ1v) is 7.13. The average Bonchev–Trinajstić information content (AvgIpc) is 2.95. The predicted octanol–water partition coefficient (Wildman–Crippen LogP) is 1.88. The van der Waals surface area contributed by atoms with Crippen LogP contribution in [0.4, 0.5) is 13.2 Å². The molecule has 1 aliphatic heterocycles. The van der Waals surface area contributed by atoms with Crippen LogP contribution >= 0.6 is 0 Å². The number of fused-ring (bicyclic) bond motifs is 1. The second-order valence-electron chi connectivity index (χ2n) is 5.28. The van der Waals surface area contributed by atoms with E-state index in [0.717, 1.165) is 10.7 Å². The van der Waals surface area contributed by atoms with Gasteiger partial charge >= 0.3 is 12.1 Å². The number of hydrogen-bond acceptors (Lipinski definition) is 4. The largest absolute Gasteiger partial charge is 0.497 e. The number of amides is 1. The number of carbonyl (C=O) groups is 2. The van der Waals surface area contributed by atoms with Gasteiger partial charge < -0.3 is 15.2 Å². The summed E-state index contributed by atoms with van der Waals surface area (Å²) in [4.78, 5) is 23.6. The second kappa shape index (κ2) is 5.80. The van der Waals surface area contributed by atoms with E-state index in [2.05, 4.69) is 10.4 Å². The fraction of sp³-hybridized carbons (Fsp3) is 0.267. The summed E-state index contributed by atoms with van der Waals surface area (Å²) in [6.45, 7) is 0.0506. The zero-order valence-electron chi connectivity index (χ0n) is 12.8. The Balaban J connectivity index is 2.30. The van der Waals surface area contributed by atoms with Gasteiger partial charge in [0, 0.05) is 12.1 Å². The fourth-order valence-corrected chi connectivity index (χ4v) is 2.71. The van der Waals surface area contributed by atoms with Crippen LogP contribution in [0.25, 0.3) is 5.69 Å². The Morgan fingerprint density at radius 2 is 2.12 bits per heavy atom.